The molecule has 0 aliphatic heterocycles. The average molecular weight is 491 g/mol. The van der Waals surface area contributed by atoms with Crippen molar-refractivity contribution >= 4 is 41.5 Å². The van der Waals surface area contributed by atoms with Gasteiger partial charge in [0.15, 0.2) is 22.3 Å². The maximum absolute atomic E-state index is 12.2. The van der Waals surface area contributed by atoms with Crippen LogP contribution in [-0.4, -0.2) is 52.3 Å². The summed E-state index contributed by atoms with van der Waals surface area (Å²) >= 11 is -1.11. The van der Waals surface area contributed by atoms with Crippen molar-refractivity contribution in [2.24, 2.45) is 15.7 Å². The highest BCUT2D eigenvalue weighted by Crippen LogP contribution is 2.18. The molecule has 0 fully saturated rings. The van der Waals surface area contributed by atoms with E-state index in [-0.39, 0.29) is 35.6 Å². The molecule has 1 aromatic rings. The number of carbonyl (C=O) groups is 1. The van der Waals surface area contributed by atoms with E-state index in [1.165, 1.54) is 0 Å². The lowest BCUT2D eigenvalue weighted by molar-refractivity contribution is 0.0529. The minimum Gasteiger partial charge on any atom is -0.611 e. The molecule has 1 atom stereocenters. The van der Waals surface area contributed by atoms with Gasteiger partial charge in [0.05, 0.1) is 0 Å². The molecule has 34 heavy (non-hydrogen) atoms. The smallest absolute Gasteiger partial charge is 0.407 e. The lowest BCUT2D eigenvalue weighted by atomic mass is 10.1. The highest BCUT2D eigenvalue weighted by molar-refractivity contribution is 7.92. The van der Waals surface area contributed by atoms with Crippen molar-refractivity contribution in [1.29, 1.82) is 10.8 Å². The molecule has 1 amide bonds. The SMILES string of the molecule is C=N/C(N)=C(\N=C(/C)c1ccc([S+]([O-])C(C)C)cc1)C(=N)OC(=N)CCNC(=O)OC(C)(C)C. The van der Waals surface area contributed by atoms with Gasteiger partial charge in [0, 0.05) is 18.7 Å². The Kier molecular flexibility index (Phi) is 10.9. The number of nitrogens with zero attached hydrogens (tertiary/aromatic N) is 2. The van der Waals surface area contributed by atoms with Crippen molar-refractivity contribution in [3.63, 3.8) is 0 Å². The van der Waals surface area contributed by atoms with Gasteiger partial charge in [0.25, 0.3) is 0 Å². The Bertz CT molecular complexity index is 965. The first-order chi connectivity index (χ1) is 15.7. The van der Waals surface area contributed by atoms with Crippen molar-refractivity contribution in [1.82, 2.24) is 5.32 Å². The normalized spacial score (nSPS) is 13.6. The maximum Gasteiger partial charge on any atom is 0.407 e. The third kappa shape index (κ3) is 9.75. The van der Waals surface area contributed by atoms with Crippen LogP contribution in [-0.2, 0) is 20.6 Å². The summed E-state index contributed by atoms with van der Waals surface area (Å²) in [6.45, 7) is 14.2. The molecule has 186 valence electrons. The second kappa shape index (κ2) is 12.9. The van der Waals surface area contributed by atoms with Crippen molar-refractivity contribution in [3.8, 4) is 0 Å². The predicted molar refractivity (Wildman–Crippen MR) is 136 cm³/mol. The third-order valence-electron chi connectivity index (χ3n) is 4.09. The van der Waals surface area contributed by atoms with Gasteiger partial charge in [0.1, 0.15) is 10.9 Å². The van der Waals surface area contributed by atoms with Crippen molar-refractivity contribution in [2.75, 3.05) is 6.54 Å². The van der Waals surface area contributed by atoms with E-state index in [1.54, 1.807) is 52.0 Å². The van der Waals surface area contributed by atoms with Crippen LogP contribution in [0.3, 0.4) is 0 Å². The van der Waals surface area contributed by atoms with Gasteiger partial charge in [-0.1, -0.05) is 0 Å². The van der Waals surface area contributed by atoms with Crippen LogP contribution >= 0.6 is 0 Å². The van der Waals surface area contributed by atoms with Gasteiger partial charge < -0.3 is 25.1 Å². The number of nitrogens with two attached hydrogens (primary N) is 1. The zero-order valence-corrected chi connectivity index (χ0v) is 21.3. The number of amides is 1. The van der Waals surface area contributed by atoms with E-state index in [4.69, 9.17) is 26.0 Å². The molecular weight excluding hydrogens is 456 g/mol. The second-order valence-electron chi connectivity index (χ2n) is 8.49. The van der Waals surface area contributed by atoms with E-state index in [0.29, 0.717) is 10.6 Å². The molecule has 1 aromatic carbocycles. The number of carbonyl (C=O) groups excluding carboxylic acids is 1. The zero-order valence-electron chi connectivity index (χ0n) is 20.5. The number of nitrogens with one attached hydrogen (secondary N) is 3. The van der Waals surface area contributed by atoms with Gasteiger partial charge >= 0.3 is 6.09 Å². The summed E-state index contributed by atoms with van der Waals surface area (Å²) in [5.74, 6) is -0.894. The molecule has 0 bridgehead atoms. The Morgan fingerprint density at radius 1 is 1.26 bits per heavy atom. The second-order valence-corrected chi connectivity index (χ2v) is 10.5. The summed E-state index contributed by atoms with van der Waals surface area (Å²) in [7, 11) is 0. The molecule has 0 aliphatic rings. The van der Waals surface area contributed by atoms with E-state index in [1.807, 2.05) is 13.8 Å². The van der Waals surface area contributed by atoms with Gasteiger partial charge in [-0.2, -0.15) is 0 Å². The minimum absolute atomic E-state index is 0.000823. The molecule has 0 saturated carbocycles. The van der Waals surface area contributed by atoms with Crippen molar-refractivity contribution in [2.45, 2.75) is 63.7 Å². The fourth-order valence-corrected chi connectivity index (χ4v) is 3.40. The van der Waals surface area contributed by atoms with E-state index >= 15 is 0 Å². The summed E-state index contributed by atoms with van der Waals surface area (Å²) in [5, 5.41) is 18.6. The highest BCUT2D eigenvalue weighted by Gasteiger charge is 2.18. The van der Waals surface area contributed by atoms with Crippen LogP contribution in [0.5, 0.6) is 0 Å². The number of aliphatic imine (C=N–C) groups is 2. The first kappa shape index (κ1) is 28.9. The van der Waals surface area contributed by atoms with E-state index in [0.717, 1.165) is 5.56 Å². The Morgan fingerprint density at radius 3 is 2.35 bits per heavy atom. The van der Waals surface area contributed by atoms with Crippen LogP contribution in [0, 0.1) is 10.8 Å². The molecule has 0 aromatic heterocycles. The Balaban J connectivity index is 2.87. The molecule has 0 saturated heterocycles. The summed E-state index contributed by atoms with van der Waals surface area (Å²) < 4.78 is 22.6. The van der Waals surface area contributed by atoms with Crippen LogP contribution in [0.25, 0.3) is 0 Å². The Labute approximate surface area is 203 Å². The third-order valence-corrected chi connectivity index (χ3v) is 5.68. The van der Waals surface area contributed by atoms with Gasteiger partial charge in [-0.15, -0.1) is 0 Å². The number of hydrogen-bond donors (Lipinski definition) is 4. The largest absolute Gasteiger partial charge is 0.611 e. The van der Waals surface area contributed by atoms with Crippen LogP contribution in [0.15, 0.2) is 50.7 Å². The zero-order chi connectivity index (χ0) is 26.1. The lowest BCUT2D eigenvalue weighted by Gasteiger charge is -2.19. The number of alkyl carbamates (subject to hydrolysis) is 1. The topological polar surface area (TPSA) is 169 Å². The standard InChI is InChI=1S/C23H34N6O4S/c1-14(2)34(31)17-10-8-16(9-11-17)15(3)29-19(20(25)27-7)21(26)32-18(24)12-13-28-22(30)33-23(4,5)6/h8-11,14,24,26H,7,12-13,25H2,1-6H3,(H,28,30)/b20-19-,24-18?,26-21?,29-15+. The van der Waals surface area contributed by atoms with Gasteiger partial charge in [-0.25, -0.2) is 14.8 Å². The molecule has 0 radical (unpaired) electrons. The van der Waals surface area contributed by atoms with Gasteiger partial charge in [0.2, 0.25) is 5.90 Å². The Hall–Kier alpha value is -3.18. The Morgan fingerprint density at radius 2 is 1.85 bits per heavy atom. The van der Waals surface area contributed by atoms with Gasteiger partial charge in [-0.05, 0) is 89.3 Å². The van der Waals surface area contributed by atoms with E-state index < -0.39 is 28.8 Å². The highest BCUT2D eigenvalue weighted by atomic mass is 32.2. The van der Waals surface area contributed by atoms with Crippen molar-refractivity contribution < 1.29 is 18.8 Å². The summed E-state index contributed by atoms with van der Waals surface area (Å²) in [6, 6.07) is 7.08. The monoisotopic (exact) mass is 490 g/mol. The summed E-state index contributed by atoms with van der Waals surface area (Å²) in [4.78, 5) is 20.4. The fourth-order valence-electron chi connectivity index (χ4n) is 2.45. The van der Waals surface area contributed by atoms with Gasteiger partial charge in [-0.3, -0.25) is 10.8 Å². The minimum atomic E-state index is -1.11. The van der Waals surface area contributed by atoms with Crippen LogP contribution in [0.2, 0.25) is 0 Å². The summed E-state index contributed by atoms with van der Waals surface area (Å²) in [5.41, 5.74) is 6.37. The predicted octanol–water partition coefficient (Wildman–Crippen LogP) is 3.73. The summed E-state index contributed by atoms with van der Waals surface area (Å²) in [6.07, 6.45) is -0.590. The van der Waals surface area contributed by atoms with E-state index in [2.05, 4.69) is 22.0 Å². The fraction of sp³-hybridized carbons (Fsp3) is 0.435. The molecule has 10 nitrogen and oxygen atoms in total. The quantitative estimate of drug-likeness (QED) is 0.234. The van der Waals surface area contributed by atoms with Crippen LogP contribution < -0.4 is 11.1 Å². The van der Waals surface area contributed by atoms with Crippen molar-refractivity contribution in [3.05, 3.63) is 41.3 Å². The molecule has 1 rings (SSSR count). The average Bonchev–Trinajstić information content (AvgIpc) is 2.74. The molecule has 0 heterocycles. The molecule has 0 spiro atoms. The van der Waals surface area contributed by atoms with E-state index in [9.17, 15) is 9.35 Å². The molecule has 11 heteroatoms. The molecule has 5 N–H and O–H groups in total. The van der Waals surface area contributed by atoms with Crippen LogP contribution in [0.4, 0.5) is 4.79 Å². The number of benzene rings is 1. The first-order valence-electron chi connectivity index (χ1n) is 10.6. The van der Waals surface area contributed by atoms with Crippen LogP contribution in [0.1, 0.15) is 53.5 Å². The molecule has 0 aliphatic carbocycles. The maximum atomic E-state index is 12.2. The molecule has 1 unspecified atom stereocenters. The molecular formula is C23H34N6O4S. The number of rotatable bonds is 9. The number of ether oxygens (including phenoxy) is 2. The first-order valence-corrected chi connectivity index (χ1v) is 11.8. The number of hydrogen-bond acceptors (Lipinski definition) is 9. The lowest BCUT2D eigenvalue weighted by Crippen LogP contribution is -2.33.